The van der Waals surface area contributed by atoms with E-state index in [0.717, 1.165) is 12.1 Å². The van der Waals surface area contributed by atoms with Crippen LogP contribution in [0.15, 0.2) is 29.2 Å². The van der Waals surface area contributed by atoms with Crippen LogP contribution in [0.3, 0.4) is 0 Å². The molecular weight excluding hydrogens is 363 g/mol. The molecule has 1 aliphatic heterocycles. The number of nitrogens with zero attached hydrogens (tertiary/aromatic N) is 1. The summed E-state index contributed by atoms with van der Waals surface area (Å²) in [5.74, 6) is -0.666. The summed E-state index contributed by atoms with van der Waals surface area (Å²) in [6, 6.07) is 3.82. The van der Waals surface area contributed by atoms with E-state index in [2.05, 4.69) is 4.74 Å². The highest BCUT2D eigenvalue weighted by Gasteiger charge is 2.41. The van der Waals surface area contributed by atoms with Gasteiger partial charge in [-0.2, -0.15) is 17.5 Å². The Morgan fingerprint density at radius 2 is 1.80 bits per heavy atom. The summed E-state index contributed by atoms with van der Waals surface area (Å²) in [6.45, 7) is -1.16. The largest absolute Gasteiger partial charge is 0.465 e. The highest BCUT2D eigenvalue weighted by molar-refractivity contribution is 7.89. The monoisotopic (exact) mass is 381 g/mol. The third kappa shape index (κ3) is 4.93. The molecule has 0 aliphatic carbocycles. The van der Waals surface area contributed by atoms with Crippen LogP contribution in [0.25, 0.3) is 0 Å². The van der Waals surface area contributed by atoms with E-state index in [-0.39, 0.29) is 36.5 Å². The van der Waals surface area contributed by atoms with Gasteiger partial charge in [0.05, 0.1) is 17.6 Å². The SMILES string of the molecule is COC(=O)c1ccc(S(=O)(=O)N(CC(F)(F)F)C2CCOCC2)cc1. The topological polar surface area (TPSA) is 72.9 Å². The highest BCUT2D eigenvalue weighted by atomic mass is 32.2. The van der Waals surface area contributed by atoms with Gasteiger partial charge in [0.25, 0.3) is 0 Å². The Hall–Kier alpha value is -1.65. The van der Waals surface area contributed by atoms with Gasteiger partial charge in [0, 0.05) is 19.3 Å². The first-order valence-electron chi connectivity index (χ1n) is 7.50. The highest BCUT2D eigenvalue weighted by Crippen LogP contribution is 2.28. The van der Waals surface area contributed by atoms with Crippen molar-refractivity contribution in [2.75, 3.05) is 26.9 Å². The molecule has 0 atom stereocenters. The molecule has 0 aromatic heterocycles. The molecule has 0 unspecified atom stereocenters. The first kappa shape index (κ1) is 19.7. The predicted octanol–water partition coefficient (Wildman–Crippen LogP) is 2.21. The smallest absolute Gasteiger partial charge is 0.402 e. The lowest BCUT2D eigenvalue weighted by atomic mass is 10.1. The zero-order chi connectivity index (χ0) is 18.7. The number of esters is 1. The minimum Gasteiger partial charge on any atom is -0.465 e. The summed E-state index contributed by atoms with van der Waals surface area (Å²) in [4.78, 5) is 11.1. The van der Waals surface area contributed by atoms with Crippen LogP contribution in [-0.2, 0) is 19.5 Å². The maximum atomic E-state index is 12.9. The number of benzene rings is 1. The fraction of sp³-hybridized carbons (Fsp3) is 0.533. The van der Waals surface area contributed by atoms with Crippen LogP contribution in [0, 0.1) is 0 Å². The molecule has 1 aliphatic rings. The van der Waals surface area contributed by atoms with Crippen LogP contribution in [0.2, 0.25) is 0 Å². The number of rotatable bonds is 5. The molecular formula is C15H18F3NO5S. The van der Waals surface area contributed by atoms with Gasteiger partial charge in [-0.3, -0.25) is 0 Å². The number of hydrogen-bond acceptors (Lipinski definition) is 5. The lowest BCUT2D eigenvalue weighted by Crippen LogP contribution is -2.47. The second kappa shape index (κ2) is 7.71. The van der Waals surface area contributed by atoms with Crippen molar-refractivity contribution in [2.24, 2.45) is 0 Å². The molecule has 6 nitrogen and oxygen atoms in total. The summed E-state index contributed by atoms with van der Waals surface area (Å²) < 4.78 is 74.3. The number of alkyl halides is 3. The second-order valence-electron chi connectivity index (χ2n) is 5.52. The van der Waals surface area contributed by atoms with E-state index in [0.29, 0.717) is 4.31 Å². The summed E-state index contributed by atoms with van der Waals surface area (Å²) in [7, 11) is -3.21. The van der Waals surface area contributed by atoms with E-state index in [9.17, 15) is 26.4 Å². The van der Waals surface area contributed by atoms with Gasteiger partial charge in [-0.25, -0.2) is 13.2 Å². The van der Waals surface area contributed by atoms with E-state index < -0.39 is 34.8 Å². The predicted molar refractivity (Wildman–Crippen MR) is 81.6 cm³/mol. The molecule has 1 saturated heterocycles. The molecule has 10 heteroatoms. The Balaban J connectivity index is 2.34. The fourth-order valence-corrected chi connectivity index (χ4v) is 4.25. The van der Waals surface area contributed by atoms with Crippen LogP contribution < -0.4 is 0 Å². The average Bonchev–Trinajstić information content (AvgIpc) is 2.59. The number of methoxy groups -OCH3 is 1. The normalized spacial score (nSPS) is 16.8. The number of carbonyl (C=O) groups excluding carboxylic acids is 1. The Labute approximate surface area is 143 Å². The molecule has 0 radical (unpaired) electrons. The molecule has 0 N–H and O–H groups in total. The van der Waals surface area contributed by atoms with Gasteiger partial charge in [-0.1, -0.05) is 0 Å². The molecule has 2 rings (SSSR count). The molecule has 1 heterocycles. The van der Waals surface area contributed by atoms with Gasteiger partial charge in [0.15, 0.2) is 0 Å². The van der Waals surface area contributed by atoms with E-state index in [1.54, 1.807) is 0 Å². The zero-order valence-electron chi connectivity index (χ0n) is 13.5. The number of carbonyl (C=O) groups is 1. The van der Waals surface area contributed by atoms with Gasteiger partial charge in [-0.15, -0.1) is 0 Å². The number of halogens is 3. The first-order valence-corrected chi connectivity index (χ1v) is 8.94. The Bertz CT molecular complexity index is 697. The molecule has 1 aromatic rings. The maximum absolute atomic E-state index is 12.9. The Morgan fingerprint density at radius 1 is 1.24 bits per heavy atom. The first-order chi connectivity index (χ1) is 11.6. The molecule has 0 saturated carbocycles. The van der Waals surface area contributed by atoms with Crippen molar-refractivity contribution in [3.8, 4) is 0 Å². The molecule has 1 fully saturated rings. The number of ether oxygens (including phenoxy) is 2. The zero-order valence-corrected chi connectivity index (χ0v) is 14.3. The number of hydrogen-bond donors (Lipinski definition) is 0. The van der Waals surface area contributed by atoms with Gasteiger partial charge >= 0.3 is 12.1 Å². The Morgan fingerprint density at radius 3 is 2.28 bits per heavy atom. The maximum Gasteiger partial charge on any atom is 0.402 e. The molecule has 1 aromatic carbocycles. The Kier molecular flexibility index (Phi) is 6.07. The molecule has 0 bridgehead atoms. The minimum atomic E-state index is -4.67. The van der Waals surface area contributed by atoms with Crippen LogP contribution >= 0.6 is 0 Å². The van der Waals surface area contributed by atoms with Crippen molar-refractivity contribution < 1.29 is 35.9 Å². The standard InChI is InChI=1S/C15H18F3NO5S/c1-23-14(20)11-2-4-13(5-3-11)25(21,22)19(10-15(16,17)18)12-6-8-24-9-7-12/h2-5,12H,6-10H2,1H3. The lowest BCUT2D eigenvalue weighted by Gasteiger charge is -2.33. The average molecular weight is 381 g/mol. The van der Waals surface area contributed by atoms with Gasteiger partial charge in [0.1, 0.15) is 6.54 Å². The molecule has 140 valence electrons. The van der Waals surface area contributed by atoms with Crippen molar-refractivity contribution in [3.05, 3.63) is 29.8 Å². The molecule has 25 heavy (non-hydrogen) atoms. The second-order valence-corrected chi connectivity index (χ2v) is 7.42. The van der Waals surface area contributed by atoms with Gasteiger partial charge < -0.3 is 9.47 Å². The van der Waals surface area contributed by atoms with Crippen molar-refractivity contribution in [2.45, 2.75) is 30.0 Å². The van der Waals surface area contributed by atoms with Gasteiger partial charge in [-0.05, 0) is 37.1 Å². The number of sulfonamides is 1. The van der Waals surface area contributed by atoms with Crippen molar-refractivity contribution in [3.63, 3.8) is 0 Å². The molecule has 0 spiro atoms. The van der Waals surface area contributed by atoms with E-state index >= 15 is 0 Å². The molecule has 0 amide bonds. The summed E-state index contributed by atoms with van der Waals surface area (Å²) in [5, 5.41) is 0. The van der Waals surface area contributed by atoms with Crippen LogP contribution in [0.5, 0.6) is 0 Å². The quantitative estimate of drug-likeness (QED) is 0.732. The lowest BCUT2D eigenvalue weighted by molar-refractivity contribution is -0.141. The summed E-state index contributed by atoms with van der Waals surface area (Å²) >= 11 is 0. The summed E-state index contributed by atoms with van der Waals surface area (Å²) in [5.41, 5.74) is 0.106. The minimum absolute atomic E-state index is 0.106. The summed E-state index contributed by atoms with van der Waals surface area (Å²) in [6.07, 6.45) is -4.29. The van der Waals surface area contributed by atoms with Crippen LogP contribution in [0.1, 0.15) is 23.2 Å². The van der Waals surface area contributed by atoms with Crippen LogP contribution in [0.4, 0.5) is 13.2 Å². The van der Waals surface area contributed by atoms with Gasteiger partial charge in [0.2, 0.25) is 10.0 Å². The fourth-order valence-electron chi connectivity index (χ4n) is 2.58. The third-order valence-electron chi connectivity index (χ3n) is 3.82. The van der Waals surface area contributed by atoms with Crippen molar-refractivity contribution >= 4 is 16.0 Å². The van der Waals surface area contributed by atoms with Crippen molar-refractivity contribution in [1.29, 1.82) is 0 Å². The van der Waals surface area contributed by atoms with Crippen molar-refractivity contribution in [1.82, 2.24) is 4.31 Å². The van der Waals surface area contributed by atoms with E-state index in [4.69, 9.17) is 4.74 Å². The van der Waals surface area contributed by atoms with E-state index in [1.807, 2.05) is 0 Å². The van der Waals surface area contributed by atoms with E-state index in [1.165, 1.54) is 19.2 Å². The third-order valence-corrected chi connectivity index (χ3v) is 5.73. The van der Waals surface area contributed by atoms with Crippen LogP contribution in [-0.4, -0.2) is 57.8 Å².